The van der Waals surface area contributed by atoms with Crippen molar-refractivity contribution in [3.63, 3.8) is 0 Å². The number of hydrogen-bond donors (Lipinski definition) is 1. The first-order valence-electron chi connectivity index (χ1n) is 4.55. The molecule has 0 aliphatic carbocycles. The van der Waals surface area contributed by atoms with Gasteiger partial charge >= 0.3 is 17.4 Å². The first kappa shape index (κ1) is 17.5. The molecule has 1 nitrogen and oxygen atoms in total. The molecule has 0 atom stereocenters. The van der Waals surface area contributed by atoms with Gasteiger partial charge in [0, 0.05) is 4.90 Å². The van der Waals surface area contributed by atoms with Gasteiger partial charge in [-0.2, -0.15) is 30.7 Å². The molecule has 114 valence electrons. The Kier molecular flexibility index (Phi) is 4.68. The fraction of sp³-hybridized carbons (Fsp3) is 0.333. The molecule has 0 spiro atoms. The predicted molar refractivity (Wildman–Crippen MR) is 62.7 cm³/mol. The molecule has 0 saturated carbocycles. The van der Waals surface area contributed by atoms with Gasteiger partial charge in [-0.05, 0) is 23.9 Å². The Bertz CT molecular complexity index is 495. The van der Waals surface area contributed by atoms with E-state index in [1.54, 1.807) is 0 Å². The second-order valence-corrected chi connectivity index (χ2v) is 5.49. The summed E-state index contributed by atoms with van der Waals surface area (Å²) in [7, 11) is 0. The van der Waals surface area contributed by atoms with Gasteiger partial charge in [0.15, 0.2) is 0 Å². The SMILES string of the molecule is Nc1c(Cl)cc(SC(F)(F)C(F)(F)C(F)(F)F)cc1Cl. The molecule has 0 aliphatic rings. The fourth-order valence-electron chi connectivity index (χ4n) is 0.997. The molecule has 0 aliphatic heterocycles. The van der Waals surface area contributed by atoms with Crippen molar-refractivity contribution in [3.8, 4) is 0 Å². The molecule has 0 unspecified atom stereocenters. The highest BCUT2D eigenvalue weighted by Gasteiger charge is 2.73. The van der Waals surface area contributed by atoms with Crippen LogP contribution in [0.5, 0.6) is 0 Å². The molecule has 0 heterocycles. The standard InChI is InChI=1S/C9H4Cl2F7NS/c10-4-1-3(2-5(11)6(4)19)20-9(17,18)7(12,13)8(14,15)16/h1-2H,19H2. The van der Waals surface area contributed by atoms with Crippen molar-refractivity contribution in [1.29, 1.82) is 0 Å². The lowest BCUT2D eigenvalue weighted by molar-refractivity contribution is -0.330. The van der Waals surface area contributed by atoms with Crippen molar-refractivity contribution >= 4 is 40.7 Å². The summed E-state index contributed by atoms with van der Waals surface area (Å²) in [5.41, 5.74) is 5.08. The Morgan fingerprint density at radius 2 is 1.30 bits per heavy atom. The Morgan fingerprint density at radius 1 is 0.900 bits per heavy atom. The van der Waals surface area contributed by atoms with Gasteiger partial charge in [-0.3, -0.25) is 0 Å². The highest BCUT2D eigenvalue weighted by atomic mass is 35.5. The van der Waals surface area contributed by atoms with Gasteiger partial charge < -0.3 is 5.73 Å². The van der Waals surface area contributed by atoms with E-state index in [9.17, 15) is 30.7 Å². The van der Waals surface area contributed by atoms with Crippen molar-refractivity contribution in [2.75, 3.05) is 5.73 Å². The summed E-state index contributed by atoms with van der Waals surface area (Å²) < 4.78 is 87.4. The number of anilines is 1. The van der Waals surface area contributed by atoms with Gasteiger partial charge in [-0.25, -0.2) is 0 Å². The molecule has 20 heavy (non-hydrogen) atoms. The third kappa shape index (κ3) is 3.20. The van der Waals surface area contributed by atoms with Crippen LogP contribution in [0, 0.1) is 0 Å². The number of nitrogens with two attached hydrogens (primary N) is 1. The third-order valence-corrected chi connectivity index (χ3v) is 3.63. The topological polar surface area (TPSA) is 26.0 Å². The average Bonchev–Trinajstić information content (AvgIpc) is 2.23. The number of hydrogen-bond acceptors (Lipinski definition) is 2. The number of alkyl halides is 7. The summed E-state index contributed by atoms with van der Waals surface area (Å²) in [6.45, 7) is 0. The van der Waals surface area contributed by atoms with Gasteiger partial charge in [0.2, 0.25) is 0 Å². The summed E-state index contributed by atoms with van der Waals surface area (Å²) in [6, 6.07) is 1.43. The van der Waals surface area contributed by atoms with Crippen LogP contribution in [0.3, 0.4) is 0 Å². The first-order valence-corrected chi connectivity index (χ1v) is 6.12. The molecular weight excluding hydrogens is 358 g/mol. The second kappa shape index (κ2) is 5.34. The Balaban J connectivity index is 3.15. The number of halogens is 9. The minimum atomic E-state index is -6.40. The molecule has 0 saturated heterocycles. The zero-order valence-electron chi connectivity index (χ0n) is 9.04. The maximum absolute atomic E-state index is 13.1. The Hall–Kier alpha value is -0.540. The van der Waals surface area contributed by atoms with Gasteiger partial charge in [0.05, 0.1) is 15.7 Å². The lowest BCUT2D eigenvalue weighted by Gasteiger charge is -2.27. The van der Waals surface area contributed by atoms with Crippen LogP contribution in [-0.4, -0.2) is 17.4 Å². The molecule has 1 aromatic carbocycles. The molecule has 11 heteroatoms. The Labute approximate surface area is 122 Å². The lowest BCUT2D eigenvalue weighted by atomic mass is 10.3. The molecule has 0 aromatic heterocycles. The van der Waals surface area contributed by atoms with Crippen LogP contribution < -0.4 is 5.73 Å². The fourth-order valence-corrected chi connectivity index (χ4v) is 2.51. The lowest BCUT2D eigenvalue weighted by Crippen LogP contribution is -2.49. The second-order valence-electron chi connectivity index (χ2n) is 3.49. The van der Waals surface area contributed by atoms with E-state index in [4.69, 9.17) is 28.9 Å². The van der Waals surface area contributed by atoms with E-state index in [-0.39, 0.29) is 15.7 Å². The van der Waals surface area contributed by atoms with Crippen LogP contribution in [0.4, 0.5) is 36.4 Å². The summed E-state index contributed by atoms with van der Waals surface area (Å²) in [5, 5.41) is -6.12. The largest absolute Gasteiger partial charge is 0.460 e. The van der Waals surface area contributed by atoms with E-state index < -0.39 is 34.0 Å². The summed E-state index contributed by atoms with van der Waals surface area (Å²) in [5.74, 6) is -6.22. The van der Waals surface area contributed by atoms with E-state index in [0.717, 1.165) is 0 Å². The van der Waals surface area contributed by atoms with Crippen molar-refractivity contribution in [1.82, 2.24) is 0 Å². The quantitative estimate of drug-likeness (QED) is 0.439. The van der Waals surface area contributed by atoms with Gasteiger partial charge in [0.1, 0.15) is 0 Å². The maximum Gasteiger partial charge on any atom is 0.460 e. The molecule has 0 fully saturated rings. The molecule has 1 aromatic rings. The van der Waals surface area contributed by atoms with E-state index in [0.29, 0.717) is 12.1 Å². The normalized spacial score (nSPS) is 13.7. The minimum absolute atomic E-state index is 0.205. The van der Waals surface area contributed by atoms with Crippen LogP contribution in [0.25, 0.3) is 0 Å². The third-order valence-electron chi connectivity index (χ3n) is 2.02. The number of nitrogen functional groups attached to an aromatic ring is 1. The van der Waals surface area contributed by atoms with Gasteiger partial charge in [0.25, 0.3) is 0 Å². The van der Waals surface area contributed by atoms with E-state index in [1.165, 1.54) is 0 Å². The molecule has 2 N–H and O–H groups in total. The van der Waals surface area contributed by atoms with Crippen LogP contribution >= 0.6 is 35.0 Å². The Morgan fingerprint density at radius 3 is 1.65 bits per heavy atom. The van der Waals surface area contributed by atoms with Crippen LogP contribution in [-0.2, 0) is 0 Å². The average molecular weight is 362 g/mol. The summed E-state index contributed by atoms with van der Waals surface area (Å²) in [4.78, 5) is -0.678. The molecule has 0 radical (unpaired) electrons. The molecule has 0 bridgehead atoms. The van der Waals surface area contributed by atoms with Gasteiger partial charge in [-0.15, -0.1) is 0 Å². The van der Waals surface area contributed by atoms with E-state index >= 15 is 0 Å². The van der Waals surface area contributed by atoms with Crippen molar-refractivity contribution in [2.45, 2.75) is 22.2 Å². The number of benzene rings is 1. The zero-order chi connectivity index (χ0) is 15.9. The molecule has 1 rings (SSSR count). The minimum Gasteiger partial charge on any atom is -0.396 e. The van der Waals surface area contributed by atoms with Crippen LogP contribution in [0.15, 0.2) is 17.0 Å². The highest BCUT2D eigenvalue weighted by molar-refractivity contribution is 8.00. The highest BCUT2D eigenvalue weighted by Crippen LogP contribution is 2.54. The van der Waals surface area contributed by atoms with Crippen molar-refractivity contribution < 1.29 is 30.7 Å². The predicted octanol–water partition coefficient (Wildman–Crippen LogP) is 5.46. The van der Waals surface area contributed by atoms with E-state index in [2.05, 4.69) is 0 Å². The van der Waals surface area contributed by atoms with Crippen LogP contribution in [0.1, 0.15) is 0 Å². The number of rotatable bonds is 3. The first-order chi connectivity index (χ1) is 8.79. The summed E-state index contributed by atoms with van der Waals surface area (Å²) >= 11 is 9.94. The van der Waals surface area contributed by atoms with Crippen molar-refractivity contribution in [3.05, 3.63) is 22.2 Å². The van der Waals surface area contributed by atoms with Crippen LogP contribution in [0.2, 0.25) is 10.0 Å². The number of thioether (sulfide) groups is 1. The van der Waals surface area contributed by atoms with Crippen molar-refractivity contribution in [2.24, 2.45) is 0 Å². The monoisotopic (exact) mass is 361 g/mol. The smallest absolute Gasteiger partial charge is 0.396 e. The van der Waals surface area contributed by atoms with E-state index in [1.807, 2.05) is 0 Å². The molecular formula is C9H4Cl2F7NS. The summed E-state index contributed by atoms with van der Waals surface area (Å²) in [6.07, 6.45) is -6.40. The molecule has 0 amide bonds. The van der Waals surface area contributed by atoms with Gasteiger partial charge in [-0.1, -0.05) is 23.2 Å². The maximum atomic E-state index is 13.1. The zero-order valence-corrected chi connectivity index (χ0v) is 11.4.